The highest BCUT2D eigenvalue weighted by Crippen LogP contribution is 2.39. The molecule has 5 rings (SSSR count). The fourth-order valence-corrected chi connectivity index (χ4v) is 9.00. The maximum atomic E-state index is 14.4. The number of hydrogen-bond donors (Lipinski definition) is 1. The molecule has 0 bridgehead atoms. The van der Waals surface area contributed by atoms with E-state index in [4.69, 9.17) is 75.8 Å². The molecule has 0 radical (unpaired) electrons. The summed E-state index contributed by atoms with van der Waals surface area (Å²) in [6.07, 6.45) is 8.87. The molecule has 5 aromatic carbocycles. The zero-order chi connectivity index (χ0) is 63.0. The fourth-order valence-electron chi connectivity index (χ4n) is 9.00. The molecule has 1 amide bonds. The number of amides is 1. The highest BCUT2D eigenvalue weighted by molar-refractivity contribution is 5.95. The molecule has 18 heteroatoms. The van der Waals surface area contributed by atoms with Crippen LogP contribution in [0, 0.1) is 11.8 Å². The van der Waals surface area contributed by atoms with E-state index in [2.05, 4.69) is 33.0 Å². The van der Waals surface area contributed by atoms with Crippen LogP contribution in [0.5, 0.6) is 40.2 Å². The summed E-state index contributed by atoms with van der Waals surface area (Å²) in [6, 6.07) is 34.8. The molecule has 0 saturated carbocycles. The number of ether oxygens (including phenoxy) is 16. The molecular formula is C71H103NO17. The molecule has 0 fully saturated rings. The number of unbranched alkanes of at least 4 members (excludes halogenated alkanes) is 2. The van der Waals surface area contributed by atoms with Crippen LogP contribution < -0.4 is 38.5 Å². The third-order valence-electron chi connectivity index (χ3n) is 14.4. The minimum Gasteiger partial charge on any atom is -0.497 e. The Morgan fingerprint density at radius 1 is 0.382 bits per heavy atom. The van der Waals surface area contributed by atoms with Crippen molar-refractivity contribution >= 4 is 5.91 Å². The quantitative estimate of drug-likeness (QED) is 0.0363. The van der Waals surface area contributed by atoms with Gasteiger partial charge in [0.1, 0.15) is 42.8 Å². The van der Waals surface area contributed by atoms with Gasteiger partial charge in [-0.25, -0.2) is 0 Å². The van der Waals surface area contributed by atoms with Gasteiger partial charge in [-0.15, -0.1) is 0 Å². The van der Waals surface area contributed by atoms with E-state index >= 15 is 0 Å². The number of carbonyl (C=O) groups is 1. The van der Waals surface area contributed by atoms with E-state index in [0.29, 0.717) is 147 Å². The number of nitrogens with one attached hydrogen (secondary N) is 1. The summed E-state index contributed by atoms with van der Waals surface area (Å²) < 4.78 is 94.9. The molecule has 0 aliphatic heterocycles. The van der Waals surface area contributed by atoms with E-state index in [9.17, 15) is 4.79 Å². The Labute approximate surface area is 530 Å². The van der Waals surface area contributed by atoms with Crippen molar-refractivity contribution in [3.05, 3.63) is 137 Å². The lowest BCUT2D eigenvalue weighted by molar-refractivity contribution is 0.00367. The van der Waals surface area contributed by atoms with Crippen molar-refractivity contribution in [2.24, 2.45) is 11.8 Å². The molecule has 1 N–H and O–H groups in total. The minimum absolute atomic E-state index is 0.134. The van der Waals surface area contributed by atoms with Crippen LogP contribution in [0.15, 0.2) is 109 Å². The molecule has 5 aromatic rings. The molecule has 0 aliphatic rings. The van der Waals surface area contributed by atoms with Crippen LogP contribution in [0.25, 0.3) is 0 Å². The van der Waals surface area contributed by atoms with Gasteiger partial charge >= 0.3 is 0 Å². The number of hydrogen-bond acceptors (Lipinski definition) is 17. The van der Waals surface area contributed by atoms with Crippen molar-refractivity contribution < 1.29 is 80.6 Å². The van der Waals surface area contributed by atoms with E-state index < -0.39 is 0 Å². The first-order valence-corrected chi connectivity index (χ1v) is 32.1. The Hall–Kier alpha value is -6.19. The molecule has 89 heavy (non-hydrogen) atoms. The molecule has 0 heterocycles. The summed E-state index contributed by atoms with van der Waals surface area (Å²) >= 11 is 0. The van der Waals surface area contributed by atoms with Crippen molar-refractivity contribution in [3.63, 3.8) is 0 Å². The van der Waals surface area contributed by atoms with Gasteiger partial charge in [0.15, 0.2) is 11.5 Å². The second kappa shape index (κ2) is 47.7. The van der Waals surface area contributed by atoms with Gasteiger partial charge in [-0.05, 0) is 95.5 Å². The van der Waals surface area contributed by atoms with E-state index in [1.54, 1.807) is 26.4 Å². The average molecular weight is 1240 g/mol. The van der Waals surface area contributed by atoms with Crippen molar-refractivity contribution in [3.8, 4) is 40.2 Å². The summed E-state index contributed by atoms with van der Waals surface area (Å²) in [5, 5.41) is 3.14. The molecule has 0 aliphatic carbocycles. The van der Waals surface area contributed by atoms with Crippen LogP contribution in [-0.2, 0) is 69.0 Å². The lowest BCUT2D eigenvalue weighted by Crippen LogP contribution is -2.23. The third-order valence-corrected chi connectivity index (χ3v) is 14.4. The third kappa shape index (κ3) is 32.4. The van der Waals surface area contributed by atoms with E-state index in [0.717, 1.165) is 85.1 Å². The summed E-state index contributed by atoms with van der Waals surface area (Å²) in [5.41, 5.74) is 4.34. The predicted octanol–water partition coefficient (Wildman–Crippen LogP) is 12.7. The smallest absolute Gasteiger partial charge is 0.251 e. The maximum Gasteiger partial charge on any atom is 0.251 e. The average Bonchev–Trinajstić information content (AvgIpc) is 3.70. The van der Waals surface area contributed by atoms with Crippen molar-refractivity contribution in [1.29, 1.82) is 0 Å². The molecule has 2 atom stereocenters. The van der Waals surface area contributed by atoms with Crippen molar-refractivity contribution in [2.45, 2.75) is 105 Å². The molecule has 0 aromatic heterocycles. The highest BCUT2D eigenvalue weighted by Gasteiger charge is 2.21. The maximum absolute atomic E-state index is 14.4. The first-order chi connectivity index (χ1) is 43.8. The Morgan fingerprint density at radius 2 is 0.753 bits per heavy atom. The number of carbonyl (C=O) groups excluding carboxylic acids is 1. The van der Waals surface area contributed by atoms with Crippen LogP contribution in [0.1, 0.15) is 112 Å². The van der Waals surface area contributed by atoms with Crippen LogP contribution in [0.2, 0.25) is 0 Å². The molecule has 18 nitrogen and oxygen atoms in total. The summed E-state index contributed by atoms with van der Waals surface area (Å²) in [4.78, 5) is 14.4. The van der Waals surface area contributed by atoms with Gasteiger partial charge in [-0.3, -0.25) is 4.79 Å². The van der Waals surface area contributed by atoms with Crippen LogP contribution >= 0.6 is 0 Å². The molecule has 0 saturated heterocycles. The Morgan fingerprint density at radius 3 is 1.13 bits per heavy atom. The van der Waals surface area contributed by atoms with Gasteiger partial charge in [0, 0.05) is 18.2 Å². The monoisotopic (exact) mass is 1240 g/mol. The van der Waals surface area contributed by atoms with E-state index in [-0.39, 0.29) is 63.6 Å². The second-order valence-electron chi connectivity index (χ2n) is 21.3. The number of benzene rings is 5. The zero-order valence-corrected chi connectivity index (χ0v) is 54.1. The van der Waals surface area contributed by atoms with E-state index in [1.807, 2.05) is 97.1 Å². The summed E-state index contributed by atoms with van der Waals surface area (Å²) in [6.45, 7) is 17.6. The van der Waals surface area contributed by atoms with Crippen LogP contribution in [-0.4, -0.2) is 152 Å². The first kappa shape index (κ1) is 73.5. The van der Waals surface area contributed by atoms with Crippen molar-refractivity contribution in [1.82, 2.24) is 5.32 Å². The van der Waals surface area contributed by atoms with Crippen molar-refractivity contribution in [2.75, 3.05) is 146 Å². The van der Waals surface area contributed by atoms with Gasteiger partial charge in [-0.2, -0.15) is 0 Å². The Bertz CT molecular complexity index is 2430. The lowest BCUT2D eigenvalue weighted by Gasteiger charge is -2.20. The predicted molar refractivity (Wildman–Crippen MR) is 344 cm³/mol. The molecule has 0 spiro atoms. The standard InChI is InChI=1S/C71H103NO17/c1-7-11-16-57(9-3)55-88-66-46-62(47-67(50-66)89-56-58(10-4)17-12-8-2)51-72-71(73)63-48-68(85-43-40-79-31-28-76-35-38-83-53-60-20-24-64(74-5)25-21-60)70(87-45-42-81-33-30-78-34-37-82-52-59-18-14-13-15-19-59)69(49-63)86-44-41-80-32-29-77-36-39-84-54-61-22-26-65(75-6)27-23-61/h13-15,18-27,46-50,57-58H,7-12,16-17,28-45,51-56H2,1-6H3,(H,72,73)/t57-,58?/m1/s1. The topological polar surface area (TPSA) is 177 Å². The SMILES string of the molecule is CCCCC(CC)COc1cc(CNC(=O)c2cc(OCCOCCOCCOCc3ccc(OC)cc3)c(OCCOCCOCCOCc3ccccc3)c(OCCOCCOCCOCc3ccc(OC)cc3)c2)cc(OC[C@H](CC)CCCC)c1. The Kier molecular flexibility index (Phi) is 39.4. The van der Waals surface area contributed by atoms with E-state index in [1.165, 1.54) is 0 Å². The number of rotatable bonds is 55. The first-order valence-electron chi connectivity index (χ1n) is 32.1. The zero-order valence-electron chi connectivity index (χ0n) is 54.1. The van der Waals surface area contributed by atoms with Crippen LogP contribution in [0.4, 0.5) is 0 Å². The van der Waals surface area contributed by atoms with Gasteiger partial charge in [0.05, 0.1) is 146 Å². The second-order valence-corrected chi connectivity index (χ2v) is 21.3. The molecule has 1 unspecified atom stereocenters. The number of methoxy groups -OCH3 is 2. The van der Waals surface area contributed by atoms with Crippen LogP contribution in [0.3, 0.4) is 0 Å². The van der Waals surface area contributed by atoms with Gasteiger partial charge in [-0.1, -0.05) is 121 Å². The minimum atomic E-state index is -0.354. The normalized spacial score (nSPS) is 11.9. The fraction of sp³-hybridized carbons (Fsp3) is 0.563. The summed E-state index contributed by atoms with van der Waals surface area (Å²) in [7, 11) is 3.29. The highest BCUT2D eigenvalue weighted by atomic mass is 16.6. The van der Waals surface area contributed by atoms with Gasteiger partial charge in [0.25, 0.3) is 5.91 Å². The molecule has 494 valence electrons. The Balaban J connectivity index is 1.24. The molecular weight excluding hydrogens is 1140 g/mol. The lowest BCUT2D eigenvalue weighted by atomic mass is 10.0. The summed E-state index contributed by atoms with van der Waals surface area (Å²) in [5.74, 6) is 4.43. The van der Waals surface area contributed by atoms with Gasteiger partial charge < -0.3 is 81.1 Å². The largest absolute Gasteiger partial charge is 0.497 e. The van der Waals surface area contributed by atoms with Gasteiger partial charge in [0.2, 0.25) is 5.75 Å².